The molecule has 11 heteroatoms. The first-order valence-electron chi connectivity index (χ1n) is 10.1. The molecule has 0 amide bonds. The molecule has 0 atom stereocenters. The molecule has 0 aromatic carbocycles. The van der Waals surface area contributed by atoms with Gasteiger partial charge in [-0.1, -0.05) is 39.3 Å². The molecule has 0 aliphatic heterocycles. The number of methoxy groups -OCH3 is 2. The first-order chi connectivity index (χ1) is 15.3. The van der Waals surface area contributed by atoms with Crippen LogP contribution in [0.15, 0.2) is 21.5 Å². The average molecular weight is 549 g/mol. The van der Waals surface area contributed by atoms with E-state index in [1.807, 2.05) is 0 Å². The zero-order chi connectivity index (χ0) is 26.8. The second-order valence-corrected chi connectivity index (χ2v) is 19.6. The average Bonchev–Trinajstić information content (AvgIpc) is 2.93. The van der Waals surface area contributed by atoms with E-state index in [1.165, 1.54) is 14.2 Å². The van der Waals surface area contributed by atoms with Gasteiger partial charge in [0.15, 0.2) is 11.2 Å². The Morgan fingerprint density at radius 1 is 0.794 bits per heavy atom. The van der Waals surface area contributed by atoms with E-state index in [2.05, 4.69) is 59.2 Å². The smallest absolute Gasteiger partial charge is 0 e. The quantitative estimate of drug-likeness (QED) is 0.174. The first kappa shape index (κ1) is 36.8. The third-order valence-corrected chi connectivity index (χ3v) is 9.64. The summed E-state index contributed by atoms with van der Waals surface area (Å²) in [5, 5.41) is 1.87. The van der Waals surface area contributed by atoms with E-state index >= 15 is 0 Å². The molecule has 8 nitrogen and oxygen atoms in total. The third kappa shape index (κ3) is 7.63. The van der Waals surface area contributed by atoms with Crippen molar-refractivity contribution in [3.8, 4) is 0 Å². The Morgan fingerprint density at radius 3 is 1.47 bits per heavy atom. The van der Waals surface area contributed by atoms with Crippen molar-refractivity contribution >= 4 is 33.9 Å². The summed E-state index contributed by atoms with van der Waals surface area (Å²) in [6.07, 6.45) is 1.97. The fourth-order valence-corrected chi connectivity index (χ4v) is 8.60. The molecular weight excluding hydrogens is 516 g/mol. The van der Waals surface area contributed by atoms with E-state index in [0.717, 1.165) is 28.0 Å². The topological polar surface area (TPSA) is 129 Å². The maximum absolute atomic E-state index is 13.5. The molecule has 0 saturated heterocycles. The van der Waals surface area contributed by atoms with Crippen LogP contribution in [0.25, 0.3) is 0 Å². The monoisotopic (exact) mass is 548 g/mol. The molecule has 2 rings (SSSR count). The maximum Gasteiger partial charge on any atom is 0 e. The van der Waals surface area contributed by atoms with E-state index in [9.17, 15) is 14.4 Å². The van der Waals surface area contributed by atoms with Gasteiger partial charge in [0, 0.05) is 17.1 Å². The predicted octanol–water partition coefficient (Wildman–Crippen LogP) is 3.71. The van der Waals surface area contributed by atoms with E-state index in [4.69, 9.17) is 23.4 Å². The van der Waals surface area contributed by atoms with Gasteiger partial charge in [-0.3, -0.25) is 14.4 Å². The van der Waals surface area contributed by atoms with Crippen LogP contribution in [0, 0.1) is 25.4 Å². The molecule has 0 unspecified atom stereocenters. The van der Waals surface area contributed by atoms with E-state index in [-0.39, 0.29) is 29.3 Å². The van der Waals surface area contributed by atoms with Crippen LogP contribution >= 0.6 is 0 Å². The molecule has 2 aliphatic carbocycles. The minimum Gasteiger partial charge on any atom is 0 e. The Labute approximate surface area is 214 Å². The first-order valence-corrected chi connectivity index (χ1v) is 17.1. The Hall–Kier alpha value is -1.74. The second kappa shape index (κ2) is 15.3. The third-order valence-electron chi connectivity index (χ3n) is 5.58. The number of hydrogen-bond acceptors (Lipinski definition) is 5. The number of carbonyl (C=O) groups excluding carboxylic acids is 3. The summed E-state index contributed by atoms with van der Waals surface area (Å²) in [6.45, 7) is 26.5. The summed E-state index contributed by atoms with van der Waals surface area (Å²) in [7, 11) is -1.26. The molecule has 0 radical (unpaired) electrons. The molecule has 0 N–H and O–H groups in total. The van der Waals surface area contributed by atoms with Crippen molar-refractivity contribution in [2.24, 2.45) is 5.41 Å². The molecule has 34 heavy (non-hydrogen) atoms. The van der Waals surface area contributed by atoms with Gasteiger partial charge < -0.3 is 9.47 Å². The van der Waals surface area contributed by atoms with Crippen LogP contribution in [0.2, 0.25) is 39.3 Å². The second-order valence-electron chi connectivity index (χ2n) is 9.63. The van der Waals surface area contributed by atoms with Crippen LogP contribution < -0.4 is 0 Å². The summed E-state index contributed by atoms with van der Waals surface area (Å²) in [5.74, 6) is -0.956. The summed E-state index contributed by atoms with van der Waals surface area (Å²) in [6, 6.07) is 0. The molecule has 1 fully saturated rings. The predicted molar refractivity (Wildman–Crippen MR) is 122 cm³/mol. The Bertz CT molecular complexity index is 853. The van der Waals surface area contributed by atoms with Crippen LogP contribution in [0.4, 0.5) is 0 Å². The number of carbonyl (C=O) groups is 3. The standard InChI is InChI=1S/C20H32O5Si2.3CO.Fe/c1-24-18(22)20(19(23)25-2)11-9-10-13-14(12-20)17(27(6,7)8)15(21)16(13)26(3,4)5;3*1-2;/h9-12H2,1-8H3;;;;. The van der Waals surface area contributed by atoms with Crippen LogP contribution in [-0.4, -0.2) is 48.1 Å². The minimum absolute atomic E-state index is 0. The molecule has 0 spiro atoms. The largest absolute Gasteiger partial charge is 0 e. The van der Waals surface area contributed by atoms with Gasteiger partial charge >= 0.3 is 45.8 Å². The summed E-state index contributed by atoms with van der Waals surface area (Å²) in [5.41, 5.74) is 0.678. The van der Waals surface area contributed by atoms with Crippen molar-refractivity contribution in [1.29, 1.82) is 0 Å². The minimum atomic E-state index is -1.98. The zero-order valence-corrected chi connectivity index (χ0v) is 24.1. The van der Waals surface area contributed by atoms with Crippen molar-refractivity contribution in [3.63, 3.8) is 0 Å². The number of ketones is 1. The molecular formula is C23H32FeO8Si2. The van der Waals surface area contributed by atoms with Gasteiger partial charge in [0.1, 0.15) is 0 Å². The fourth-order valence-electron chi connectivity index (χ4n) is 4.54. The van der Waals surface area contributed by atoms with Crippen molar-refractivity contribution in [2.75, 3.05) is 14.2 Å². The Kier molecular flexibility index (Phi) is 16.6. The Balaban J connectivity index is -0.00000127. The van der Waals surface area contributed by atoms with E-state index in [0.29, 0.717) is 12.8 Å². The molecule has 188 valence electrons. The molecule has 0 aromatic heterocycles. The number of rotatable bonds is 4. The number of allylic oxidation sites excluding steroid dienone is 4. The molecule has 0 aromatic rings. The van der Waals surface area contributed by atoms with Gasteiger partial charge in [0.2, 0.25) is 0 Å². The number of hydrogen-bond donors (Lipinski definition) is 0. The van der Waals surface area contributed by atoms with Crippen molar-refractivity contribution < 1.29 is 54.9 Å². The van der Waals surface area contributed by atoms with Crippen molar-refractivity contribution in [2.45, 2.75) is 65.0 Å². The van der Waals surface area contributed by atoms with Crippen LogP contribution in [0.3, 0.4) is 0 Å². The van der Waals surface area contributed by atoms with Crippen LogP contribution in [-0.2, 0) is 54.9 Å². The van der Waals surface area contributed by atoms with Crippen molar-refractivity contribution in [1.82, 2.24) is 0 Å². The Morgan fingerprint density at radius 2 is 1.15 bits per heavy atom. The molecule has 0 bridgehead atoms. The van der Waals surface area contributed by atoms with Crippen LogP contribution in [0.5, 0.6) is 0 Å². The fraction of sp³-hybridized carbons (Fsp3) is 0.565. The molecule has 2 aliphatic rings. The van der Waals surface area contributed by atoms with Gasteiger partial charge in [-0.05, 0) is 47.2 Å². The maximum atomic E-state index is 13.5. The van der Waals surface area contributed by atoms with Gasteiger partial charge in [-0.15, -0.1) is 0 Å². The summed E-state index contributed by atoms with van der Waals surface area (Å²) in [4.78, 5) is 38.9. The zero-order valence-electron chi connectivity index (χ0n) is 20.9. The summed E-state index contributed by atoms with van der Waals surface area (Å²) < 4.78 is 32.5. The summed E-state index contributed by atoms with van der Waals surface area (Å²) >= 11 is 0. The number of esters is 2. The normalized spacial score (nSPS) is 16.4. The molecule has 1 saturated carbocycles. The van der Waals surface area contributed by atoms with Gasteiger partial charge in [-0.25, -0.2) is 0 Å². The number of Topliss-reactive ketones (excluding diaryl/α,β-unsaturated/α-hetero) is 1. The van der Waals surface area contributed by atoms with Gasteiger partial charge in [0.25, 0.3) is 0 Å². The SMILES string of the molecule is COC(=O)C1(C(=O)OC)CCCC2=C([Si](C)(C)C)C(=O)C([Si](C)(C)C)=C2C1.[C-]#[O+].[C-]#[O+].[C-]#[O+].[Fe]. The van der Waals surface area contributed by atoms with Crippen LogP contribution in [0.1, 0.15) is 25.7 Å². The number of fused-ring (bicyclic) bond motifs is 1. The van der Waals surface area contributed by atoms with Gasteiger partial charge in [-0.2, -0.15) is 0 Å². The van der Waals surface area contributed by atoms with Gasteiger partial charge in [0.05, 0.1) is 30.4 Å². The van der Waals surface area contributed by atoms with E-state index < -0.39 is 33.5 Å². The molecule has 0 heterocycles. The number of ether oxygens (including phenoxy) is 2. The van der Waals surface area contributed by atoms with Crippen molar-refractivity contribution in [3.05, 3.63) is 41.5 Å². The van der Waals surface area contributed by atoms with E-state index in [1.54, 1.807) is 0 Å².